The Morgan fingerprint density at radius 1 is 0.889 bits per heavy atom. The molecule has 12 heteroatoms. The molecule has 0 saturated heterocycles. The van der Waals surface area contributed by atoms with Crippen LogP contribution >= 0.6 is 11.3 Å². The number of aromatic nitrogens is 2. The monoisotopic (exact) mass is 631 g/mol. The molecule has 236 valence electrons. The van der Waals surface area contributed by atoms with Crippen molar-refractivity contribution in [2.24, 2.45) is 0 Å². The highest BCUT2D eigenvalue weighted by atomic mass is 32.1. The number of thiazole rings is 1. The summed E-state index contributed by atoms with van der Waals surface area (Å²) >= 11 is 1.35. The molecule has 11 nitrogen and oxygen atoms in total. The number of pyridine rings is 1. The Bertz CT molecular complexity index is 1490. The Labute approximate surface area is 266 Å². The van der Waals surface area contributed by atoms with Gasteiger partial charge in [0.15, 0.2) is 0 Å². The molecule has 2 heterocycles. The Morgan fingerprint density at radius 2 is 1.62 bits per heavy atom. The zero-order valence-electron chi connectivity index (χ0n) is 25.1. The Kier molecular flexibility index (Phi) is 12.4. The topological polar surface area (TPSA) is 152 Å². The number of nitrogens with zero attached hydrogens (tertiary/aromatic N) is 2. The van der Waals surface area contributed by atoms with Crippen molar-refractivity contribution in [1.29, 1.82) is 0 Å². The molecular weight excluding hydrogens is 594 g/mol. The third kappa shape index (κ3) is 10.7. The van der Waals surface area contributed by atoms with Gasteiger partial charge in [0.2, 0.25) is 5.91 Å². The fourth-order valence-corrected chi connectivity index (χ4v) is 5.20. The maximum atomic E-state index is 13.2. The smallest absolute Gasteiger partial charge is 0.408 e. The molecule has 4 N–H and O–H groups in total. The summed E-state index contributed by atoms with van der Waals surface area (Å²) in [7, 11) is 1.28. The highest BCUT2D eigenvalue weighted by molar-refractivity contribution is 7.09. The number of methoxy groups -OCH3 is 1. The van der Waals surface area contributed by atoms with Crippen LogP contribution in [-0.2, 0) is 33.7 Å². The summed E-state index contributed by atoms with van der Waals surface area (Å²) in [6.45, 7) is 1.58. The molecule has 0 radical (unpaired) electrons. The van der Waals surface area contributed by atoms with E-state index in [2.05, 4.69) is 25.9 Å². The van der Waals surface area contributed by atoms with E-state index in [0.717, 1.165) is 27.3 Å². The summed E-state index contributed by atoms with van der Waals surface area (Å²) in [6.07, 6.45) is 1.74. The summed E-state index contributed by atoms with van der Waals surface area (Å²) in [6, 6.07) is 20.8. The lowest BCUT2D eigenvalue weighted by Crippen LogP contribution is -2.53. The second-order valence-electron chi connectivity index (χ2n) is 10.5. The summed E-state index contributed by atoms with van der Waals surface area (Å²) in [5.41, 5.74) is 5.27. The highest BCUT2D eigenvalue weighted by Crippen LogP contribution is 2.19. The van der Waals surface area contributed by atoms with Crippen LogP contribution in [0.25, 0.3) is 11.3 Å². The second-order valence-corrected chi connectivity index (χ2v) is 11.4. The van der Waals surface area contributed by atoms with Crippen LogP contribution in [-0.4, -0.2) is 64.5 Å². The zero-order valence-corrected chi connectivity index (χ0v) is 25.9. The van der Waals surface area contributed by atoms with Crippen molar-refractivity contribution in [3.05, 3.63) is 107 Å². The molecule has 2 aromatic carbocycles. The maximum absolute atomic E-state index is 13.2. The molecule has 0 spiro atoms. The molecule has 0 fully saturated rings. The van der Waals surface area contributed by atoms with E-state index in [-0.39, 0.29) is 13.0 Å². The Morgan fingerprint density at radius 3 is 2.29 bits per heavy atom. The van der Waals surface area contributed by atoms with Crippen molar-refractivity contribution in [1.82, 2.24) is 25.9 Å². The van der Waals surface area contributed by atoms with Gasteiger partial charge in [0.25, 0.3) is 0 Å². The molecular formula is C33H37N5O6S. The predicted molar refractivity (Wildman–Crippen MR) is 170 cm³/mol. The largest absolute Gasteiger partial charge is 0.453 e. The third-order valence-electron chi connectivity index (χ3n) is 7.08. The van der Waals surface area contributed by atoms with Crippen molar-refractivity contribution in [2.75, 3.05) is 7.11 Å². The van der Waals surface area contributed by atoms with Crippen LogP contribution in [0.15, 0.2) is 90.7 Å². The lowest BCUT2D eigenvalue weighted by Gasteiger charge is -2.29. The first-order chi connectivity index (χ1) is 21.8. The van der Waals surface area contributed by atoms with Crippen LogP contribution in [0.5, 0.6) is 0 Å². The lowest BCUT2D eigenvalue weighted by molar-refractivity contribution is -0.124. The van der Waals surface area contributed by atoms with Gasteiger partial charge in [-0.3, -0.25) is 14.8 Å². The summed E-state index contributed by atoms with van der Waals surface area (Å²) in [4.78, 5) is 46.8. The van der Waals surface area contributed by atoms with E-state index < -0.39 is 42.3 Å². The molecule has 3 amide bonds. The number of hydrogen-bond donors (Lipinski definition) is 4. The number of aliphatic hydroxyl groups excluding tert-OH is 1. The molecule has 0 unspecified atom stereocenters. The van der Waals surface area contributed by atoms with Crippen LogP contribution < -0.4 is 16.0 Å². The average molecular weight is 632 g/mol. The molecule has 0 aliphatic rings. The number of hydrogen-bond acceptors (Lipinski definition) is 9. The number of alkyl carbamates (subject to hydrolysis) is 2. The van der Waals surface area contributed by atoms with E-state index in [1.165, 1.54) is 25.4 Å². The van der Waals surface area contributed by atoms with Gasteiger partial charge in [0.1, 0.15) is 12.6 Å². The molecule has 0 aliphatic carbocycles. The van der Waals surface area contributed by atoms with Crippen LogP contribution in [0, 0.1) is 0 Å². The predicted octanol–water partition coefficient (Wildman–Crippen LogP) is 4.27. The third-order valence-corrected chi connectivity index (χ3v) is 7.83. The zero-order chi connectivity index (χ0) is 32.0. The second kappa shape index (κ2) is 16.9. The number of benzene rings is 2. The van der Waals surface area contributed by atoms with E-state index in [1.54, 1.807) is 17.9 Å². The van der Waals surface area contributed by atoms with Crippen molar-refractivity contribution in [3.8, 4) is 11.3 Å². The van der Waals surface area contributed by atoms with E-state index in [4.69, 9.17) is 9.47 Å². The minimum absolute atomic E-state index is 0.0423. The average Bonchev–Trinajstić information content (AvgIpc) is 3.58. The maximum Gasteiger partial charge on any atom is 0.408 e. The molecule has 4 rings (SSSR count). The summed E-state index contributed by atoms with van der Waals surface area (Å²) in [5.74, 6) is -0.493. The quantitative estimate of drug-likeness (QED) is 0.161. The van der Waals surface area contributed by atoms with Gasteiger partial charge in [-0.15, -0.1) is 11.3 Å². The normalized spacial score (nSPS) is 13.5. The molecule has 0 bridgehead atoms. The van der Waals surface area contributed by atoms with Crippen LogP contribution in [0.3, 0.4) is 0 Å². The van der Waals surface area contributed by atoms with Crippen LogP contribution in [0.2, 0.25) is 0 Å². The Balaban J connectivity index is 1.43. The molecule has 45 heavy (non-hydrogen) atoms. The van der Waals surface area contributed by atoms with E-state index in [1.807, 2.05) is 72.8 Å². The Hall–Kier alpha value is -4.81. The van der Waals surface area contributed by atoms with Gasteiger partial charge in [-0.05, 0) is 49.4 Å². The number of carbonyl (C=O) groups excluding carboxylic acids is 3. The van der Waals surface area contributed by atoms with Crippen molar-refractivity contribution in [3.63, 3.8) is 0 Å². The van der Waals surface area contributed by atoms with Gasteiger partial charge in [0, 0.05) is 24.0 Å². The van der Waals surface area contributed by atoms with Crippen LogP contribution in [0.1, 0.15) is 29.3 Å². The van der Waals surface area contributed by atoms with Crippen LogP contribution in [0.4, 0.5) is 9.59 Å². The SMILES string of the molecule is COC(=O)N[C@@H](Cc1ccc(-c2ccccn2)cc1)C[C@H](O)[C@H](Cc1ccccc1)NC(=O)[C@H](C)NC(=O)OCc1cncs1. The van der Waals surface area contributed by atoms with E-state index in [9.17, 15) is 19.5 Å². The number of ether oxygens (including phenoxy) is 2. The minimum Gasteiger partial charge on any atom is -0.453 e. The summed E-state index contributed by atoms with van der Waals surface area (Å²) < 4.78 is 10.0. The molecule has 4 aromatic rings. The fraction of sp³-hybridized carbons (Fsp3) is 0.303. The molecule has 0 aliphatic heterocycles. The van der Waals surface area contributed by atoms with Crippen molar-refractivity contribution in [2.45, 2.75) is 57.0 Å². The van der Waals surface area contributed by atoms with Gasteiger partial charge in [-0.2, -0.15) is 0 Å². The van der Waals surface area contributed by atoms with E-state index in [0.29, 0.717) is 12.8 Å². The van der Waals surface area contributed by atoms with Gasteiger partial charge in [0.05, 0.1) is 35.3 Å². The number of carbonyl (C=O) groups is 3. The first-order valence-corrected chi connectivity index (χ1v) is 15.4. The van der Waals surface area contributed by atoms with Crippen molar-refractivity contribution >= 4 is 29.4 Å². The molecule has 2 aromatic heterocycles. The standard InChI is InChI=1S/C33H37N5O6S/c1-22(36-33(42)44-20-27-19-34-21-45-27)31(40)38-29(17-23-8-4-3-5-9-23)30(39)18-26(37-32(41)43-2)16-24-11-13-25(14-12-24)28-10-6-7-15-35-28/h3-15,19,21-22,26,29-30,39H,16-18,20H2,1-2H3,(H,36,42)(H,37,41)(H,38,40)/t22-,26-,29-,30-/m0/s1. The first kappa shape index (κ1) is 33.1. The molecule has 4 atom stereocenters. The first-order valence-electron chi connectivity index (χ1n) is 14.5. The van der Waals surface area contributed by atoms with Gasteiger partial charge in [-0.1, -0.05) is 60.7 Å². The number of nitrogens with one attached hydrogen (secondary N) is 3. The van der Waals surface area contributed by atoms with Gasteiger partial charge >= 0.3 is 12.2 Å². The summed E-state index contributed by atoms with van der Waals surface area (Å²) in [5, 5.41) is 19.7. The van der Waals surface area contributed by atoms with Crippen molar-refractivity contribution < 1.29 is 29.0 Å². The van der Waals surface area contributed by atoms with Gasteiger partial charge in [-0.25, -0.2) is 9.59 Å². The van der Waals surface area contributed by atoms with Gasteiger partial charge < -0.3 is 30.5 Å². The lowest BCUT2D eigenvalue weighted by atomic mass is 9.93. The number of amides is 3. The van der Waals surface area contributed by atoms with E-state index >= 15 is 0 Å². The highest BCUT2D eigenvalue weighted by Gasteiger charge is 2.28. The molecule has 0 saturated carbocycles. The minimum atomic E-state index is -1.06. The number of rotatable bonds is 14. The number of aliphatic hydroxyl groups is 1. The fourth-order valence-electron chi connectivity index (χ4n) is 4.70.